The summed E-state index contributed by atoms with van der Waals surface area (Å²) in [6.07, 6.45) is 5.41. The van der Waals surface area contributed by atoms with Crippen LogP contribution in [0.4, 0.5) is 5.69 Å². The normalized spacial score (nSPS) is 22.3. The zero-order valence-electron chi connectivity index (χ0n) is 14.8. The molecule has 0 unspecified atom stereocenters. The van der Waals surface area contributed by atoms with Crippen LogP contribution in [0.1, 0.15) is 62.9 Å². The number of anilines is 1. The molecule has 0 saturated heterocycles. The van der Waals surface area contributed by atoms with E-state index in [1.54, 1.807) is 6.92 Å². The Morgan fingerprint density at radius 1 is 1.33 bits per heavy atom. The Balaban J connectivity index is 1.55. The molecule has 1 saturated carbocycles. The predicted octanol–water partition coefficient (Wildman–Crippen LogP) is 4.65. The molecule has 1 N–H and O–H groups in total. The van der Waals surface area contributed by atoms with Crippen molar-refractivity contribution in [2.45, 2.75) is 65.2 Å². The highest BCUT2D eigenvalue weighted by atomic mass is 16.5. The Hall–Kier alpha value is -1.88. The minimum absolute atomic E-state index is 0.0263. The van der Waals surface area contributed by atoms with Gasteiger partial charge in [-0.15, -0.1) is 10.2 Å². The fraction of sp³-hybridized carbons (Fsp3) is 0.579. The van der Waals surface area contributed by atoms with Crippen molar-refractivity contribution in [3.63, 3.8) is 0 Å². The maximum absolute atomic E-state index is 6.12. The Morgan fingerprint density at radius 3 is 2.96 bits per heavy atom. The summed E-state index contributed by atoms with van der Waals surface area (Å²) in [6, 6.07) is 8.31. The number of ether oxygens (including phenoxy) is 1. The predicted molar refractivity (Wildman–Crippen MR) is 93.7 cm³/mol. The van der Waals surface area contributed by atoms with Crippen LogP contribution in [0.2, 0.25) is 0 Å². The van der Waals surface area contributed by atoms with Crippen LogP contribution in [0.5, 0.6) is 0 Å². The third kappa shape index (κ3) is 4.57. The van der Waals surface area contributed by atoms with Crippen LogP contribution in [0.25, 0.3) is 0 Å². The molecule has 5 heteroatoms. The second-order valence-corrected chi connectivity index (χ2v) is 6.93. The summed E-state index contributed by atoms with van der Waals surface area (Å²) in [6.45, 7) is 6.80. The van der Waals surface area contributed by atoms with Gasteiger partial charge in [-0.1, -0.05) is 31.9 Å². The third-order valence-corrected chi connectivity index (χ3v) is 4.60. The average molecular weight is 329 g/mol. The molecule has 1 aliphatic rings. The fourth-order valence-electron chi connectivity index (χ4n) is 3.29. The van der Waals surface area contributed by atoms with Crippen LogP contribution < -0.4 is 5.32 Å². The van der Waals surface area contributed by atoms with E-state index < -0.39 is 0 Å². The van der Waals surface area contributed by atoms with Gasteiger partial charge in [0.25, 0.3) is 0 Å². The number of aryl methyl sites for hydroxylation is 1. The number of rotatable bonds is 6. The maximum Gasteiger partial charge on any atom is 0.238 e. The third-order valence-electron chi connectivity index (χ3n) is 4.60. The quantitative estimate of drug-likeness (QED) is 0.836. The van der Waals surface area contributed by atoms with Crippen LogP contribution in [0.3, 0.4) is 0 Å². The summed E-state index contributed by atoms with van der Waals surface area (Å²) in [7, 11) is 0. The van der Waals surface area contributed by atoms with Crippen LogP contribution in [-0.2, 0) is 11.3 Å². The van der Waals surface area contributed by atoms with Crippen molar-refractivity contribution >= 4 is 5.69 Å². The Kier molecular flexibility index (Phi) is 5.51. The van der Waals surface area contributed by atoms with E-state index in [-0.39, 0.29) is 6.04 Å². The van der Waals surface area contributed by atoms with Crippen LogP contribution in [-0.4, -0.2) is 16.3 Å². The number of nitrogens with zero attached hydrogens (tertiary/aromatic N) is 2. The lowest BCUT2D eigenvalue weighted by atomic mass is 9.89. The summed E-state index contributed by atoms with van der Waals surface area (Å²) in [5.74, 6) is 1.98. The molecule has 5 nitrogen and oxygen atoms in total. The molecule has 1 fully saturated rings. The molecule has 1 aromatic heterocycles. The van der Waals surface area contributed by atoms with Gasteiger partial charge in [-0.2, -0.15) is 0 Å². The zero-order valence-corrected chi connectivity index (χ0v) is 14.8. The maximum atomic E-state index is 6.12. The molecule has 1 aromatic carbocycles. The molecule has 0 spiro atoms. The first-order valence-electron chi connectivity index (χ1n) is 8.87. The molecular weight excluding hydrogens is 302 g/mol. The smallest absolute Gasteiger partial charge is 0.238 e. The van der Waals surface area contributed by atoms with Crippen molar-refractivity contribution in [2.75, 3.05) is 5.32 Å². The number of aromatic nitrogens is 2. The number of hydrogen-bond acceptors (Lipinski definition) is 5. The highest BCUT2D eigenvalue weighted by Gasteiger charge is 2.19. The summed E-state index contributed by atoms with van der Waals surface area (Å²) >= 11 is 0. The van der Waals surface area contributed by atoms with E-state index in [0.717, 1.165) is 11.6 Å². The molecule has 0 radical (unpaired) electrons. The largest absolute Gasteiger partial charge is 0.423 e. The summed E-state index contributed by atoms with van der Waals surface area (Å²) in [4.78, 5) is 0. The first-order valence-corrected chi connectivity index (χ1v) is 8.87. The molecule has 0 bridgehead atoms. The zero-order chi connectivity index (χ0) is 16.9. The number of benzene rings is 1. The molecule has 130 valence electrons. The summed E-state index contributed by atoms with van der Waals surface area (Å²) in [5.41, 5.74) is 2.23. The van der Waals surface area contributed by atoms with Gasteiger partial charge in [-0.05, 0) is 43.4 Å². The molecule has 3 rings (SSSR count). The van der Waals surface area contributed by atoms with Gasteiger partial charge in [0.1, 0.15) is 6.04 Å². The minimum Gasteiger partial charge on any atom is -0.423 e. The first kappa shape index (κ1) is 17.0. The molecule has 1 aliphatic carbocycles. The van der Waals surface area contributed by atoms with E-state index in [9.17, 15) is 0 Å². The average Bonchev–Trinajstić information content (AvgIpc) is 3.00. The molecule has 1 heterocycles. The van der Waals surface area contributed by atoms with Gasteiger partial charge in [0.2, 0.25) is 11.8 Å². The van der Waals surface area contributed by atoms with Gasteiger partial charge in [-0.3, -0.25) is 0 Å². The molecule has 2 aromatic rings. The summed E-state index contributed by atoms with van der Waals surface area (Å²) < 4.78 is 11.6. The van der Waals surface area contributed by atoms with Gasteiger partial charge in [0.15, 0.2) is 0 Å². The molecule has 0 aliphatic heterocycles. The minimum atomic E-state index is -0.0263. The van der Waals surface area contributed by atoms with Crippen LogP contribution >= 0.6 is 0 Å². The fourth-order valence-corrected chi connectivity index (χ4v) is 3.29. The van der Waals surface area contributed by atoms with E-state index in [0.29, 0.717) is 24.5 Å². The SMILES string of the molecule is Cc1nnc([C@H](C)Nc2cccc(CO[C@H]3CCC[C@@H](C)C3)c2)o1. The van der Waals surface area contributed by atoms with Gasteiger partial charge in [0, 0.05) is 12.6 Å². The van der Waals surface area contributed by atoms with Gasteiger partial charge >= 0.3 is 0 Å². The first-order chi connectivity index (χ1) is 11.6. The number of hydrogen-bond donors (Lipinski definition) is 1. The highest BCUT2D eigenvalue weighted by molar-refractivity contribution is 5.46. The van der Waals surface area contributed by atoms with E-state index >= 15 is 0 Å². The Labute approximate surface area is 143 Å². The topological polar surface area (TPSA) is 60.2 Å². The van der Waals surface area contributed by atoms with Gasteiger partial charge in [-0.25, -0.2) is 0 Å². The lowest BCUT2D eigenvalue weighted by molar-refractivity contribution is 0.00468. The van der Waals surface area contributed by atoms with Gasteiger partial charge < -0.3 is 14.5 Å². The Morgan fingerprint density at radius 2 is 2.21 bits per heavy atom. The molecule has 0 amide bonds. The standard InChI is InChI=1S/C19H27N3O2/c1-13-6-4-9-18(10-13)23-12-16-7-5-8-17(11-16)20-14(2)19-22-21-15(3)24-19/h5,7-8,11,13-14,18,20H,4,6,9-10,12H2,1-3H3/t13-,14+,18+/m1/s1. The van der Waals surface area contributed by atoms with E-state index in [4.69, 9.17) is 9.15 Å². The van der Waals surface area contributed by atoms with E-state index in [2.05, 4.69) is 40.6 Å². The monoisotopic (exact) mass is 329 g/mol. The van der Waals surface area contributed by atoms with E-state index in [1.165, 1.54) is 31.2 Å². The van der Waals surface area contributed by atoms with Crippen LogP contribution in [0.15, 0.2) is 28.7 Å². The van der Waals surface area contributed by atoms with E-state index in [1.807, 2.05) is 13.0 Å². The van der Waals surface area contributed by atoms with Crippen molar-refractivity contribution in [3.05, 3.63) is 41.6 Å². The lowest BCUT2D eigenvalue weighted by Gasteiger charge is -2.26. The molecule has 24 heavy (non-hydrogen) atoms. The highest BCUT2D eigenvalue weighted by Crippen LogP contribution is 2.27. The number of nitrogens with one attached hydrogen (secondary N) is 1. The molecule has 3 atom stereocenters. The Bertz CT molecular complexity index is 656. The van der Waals surface area contributed by atoms with Gasteiger partial charge in [0.05, 0.1) is 12.7 Å². The molecular formula is C19H27N3O2. The second-order valence-electron chi connectivity index (χ2n) is 6.93. The van der Waals surface area contributed by atoms with Crippen molar-refractivity contribution in [1.29, 1.82) is 0 Å². The summed E-state index contributed by atoms with van der Waals surface area (Å²) in [5, 5.41) is 11.3. The van der Waals surface area contributed by atoms with Crippen molar-refractivity contribution in [1.82, 2.24) is 10.2 Å². The van der Waals surface area contributed by atoms with Crippen molar-refractivity contribution in [2.24, 2.45) is 5.92 Å². The van der Waals surface area contributed by atoms with Crippen molar-refractivity contribution in [3.8, 4) is 0 Å². The second kappa shape index (κ2) is 7.79. The van der Waals surface area contributed by atoms with Crippen LogP contribution in [0, 0.1) is 12.8 Å². The van der Waals surface area contributed by atoms with Crippen molar-refractivity contribution < 1.29 is 9.15 Å². The lowest BCUT2D eigenvalue weighted by Crippen LogP contribution is -2.21.